The minimum Gasteiger partial charge on any atom is -0.407 e. The molecule has 3 nitrogen and oxygen atoms in total. The predicted octanol–water partition coefficient (Wildman–Crippen LogP) is 8.76. The van der Waals surface area contributed by atoms with Crippen LogP contribution in [0.1, 0.15) is 48.8 Å². The average molecular weight is 733 g/mol. The van der Waals surface area contributed by atoms with Crippen molar-refractivity contribution in [1.82, 2.24) is 9.55 Å². The van der Waals surface area contributed by atoms with Crippen LogP contribution in [-0.2, 0) is 16.4 Å². The Kier molecular flexibility index (Phi) is 9.46. The molecule has 232 valence electrons. The van der Waals surface area contributed by atoms with Gasteiger partial charge >= 0.3 is 0 Å². The second kappa shape index (κ2) is 13.5. The summed E-state index contributed by atoms with van der Waals surface area (Å²) in [6.07, 6.45) is 0.723. The van der Waals surface area contributed by atoms with Crippen LogP contribution in [0, 0.1) is 10.8 Å². The predicted molar refractivity (Wildman–Crippen MR) is 202 cm³/mol. The lowest BCUT2D eigenvalue weighted by molar-refractivity contribution is 0.296. The summed E-state index contributed by atoms with van der Waals surface area (Å²) in [6.45, 7) is 9.72. The van der Waals surface area contributed by atoms with E-state index in [9.17, 15) is 0 Å². The van der Waals surface area contributed by atoms with Crippen LogP contribution >= 0.6 is 22.6 Å². The molecule has 0 radical (unpaired) electrons. The maximum absolute atomic E-state index is 7.41. The molecule has 0 atom stereocenters. The molecular weight excluding hydrogens is 691 g/mol. The van der Waals surface area contributed by atoms with Crippen molar-refractivity contribution < 1.29 is 4.43 Å². The standard InChI is InChI=1S/C41H41IN2OSi/c1-32-38(30-31-45-46(40(2,3)4,36-26-16-8-17-27-36)37-28-18-9-19-29-37)44(39(42)43-32)41(33-20-10-5-11-21-33,34-22-12-6-13-23-34)35-24-14-7-15-25-35/h5-29H,30-31H2,1-4H3. The van der Waals surface area contributed by atoms with E-state index in [4.69, 9.17) is 9.41 Å². The van der Waals surface area contributed by atoms with Gasteiger partial charge in [0.1, 0.15) is 5.54 Å². The summed E-state index contributed by atoms with van der Waals surface area (Å²) in [5, 5.41) is 2.49. The molecule has 1 aromatic heterocycles. The van der Waals surface area contributed by atoms with Crippen LogP contribution in [0.15, 0.2) is 152 Å². The number of aryl methyl sites for hydroxylation is 1. The molecule has 0 amide bonds. The maximum Gasteiger partial charge on any atom is 0.261 e. The van der Waals surface area contributed by atoms with Crippen molar-refractivity contribution in [3.05, 3.63) is 184 Å². The fourth-order valence-corrected chi connectivity index (χ4v) is 12.7. The minimum absolute atomic E-state index is 0.0959. The smallest absolute Gasteiger partial charge is 0.261 e. The summed E-state index contributed by atoms with van der Waals surface area (Å²) in [5.74, 6) is 0. The quantitative estimate of drug-likeness (QED) is 0.0801. The summed E-state index contributed by atoms with van der Waals surface area (Å²) in [5.41, 5.74) is 5.15. The molecule has 0 aliphatic rings. The third kappa shape index (κ3) is 5.69. The average Bonchev–Trinajstić information content (AvgIpc) is 3.37. The zero-order chi connectivity index (χ0) is 32.2. The topological polar surface area (TPSA) is 27.1 Å². The van der Waals surface area contributed by atoms with E-state index in [1.807, 2.05) is 0 Å². The van der Waals surface area contributed by atoms with Crippen molar-refractivity contribution in [3.63, 3.8) is 0 Å². The Morgan fingerprint density at radius 1 is 0.609 bits per heavy atom. The van der Waals surface area contributed by atoms with Gasteiger partial charge in [-0.1, -0.05) is 172 Å². The zero-order valence-corrected chi connectivity index (χ0v) is 30.2. The highest BCUT2D eigenvalue weighted by Crippen LogP contribution is 2.44. The van der Waals surface area contributed by atoms with Crippen LogP contribution < -0.4 is 10.4 Å². The van der Waals surface area contributed by atoms with E-state index in [-0.39, 0.29) is 5.04 Å². The highest BCUT2D eigenvalue weighted by molar-refractivity contribution is 14.1. The molecule has 0 saturated heterocycles. The summed E-state index contributed by atoms with van der Waals surface area (Å²) >= 11 is 2.43. The summed E-state index contributed by atoms with van der Waals surface area (Å²) in [4.78, 5) is 5.14. The number of benzene rings is 5. The summed E-state index contributed by atoms with van der Waals surface area (Å²) in [6, 6.07) is 54.4. The highest BCUT2D eigenvalue weighted by atomic mass is 127. The summed E-state index contributed by atoms with van der Waals surface area (Å²) < 4.78 is 10.8. The number of aromatic nitrogens is 2. The Labute approximate surface area is 288 Å². The van der Waals surface area contributed by atoms with E-state index in [1.54, 1.807) is 0 Å². The van der Waals surface area contributed by atoms with Gasteiger partial charge in [0.25, 0.3) is 8.32 Å². The fourth-order valence-electron chi connectivity index (χ4n) is 7.15. The van der Waals surface area contributed by atoms with Gasteiger partial charge in [-0.2, -0.15) is 0 Å². The van der Waals surface area contributed by atoms with Crippen molar-refractivity contribution in [3.8, 4) is 0 Å². The Balaban J connectivity index is 1.52. The maximum atomic E-state index is 7.41. The van der Waals surface area contributed by atoms with E-state index in [0.29, 0.717) is 6.61 Å². The molecule has 6 aromatic rings. The van der Waals surface area contributed by atoms with Gasteiger partial charge in [0.05, 0.1) is 5.69 Å². The Bertz CT molecular complexity index is 1720. The van der Waals surface area contributed by atoms with Crippen LogP contribution in [0.25, 0.3) is 0 Å². The van der Waals surface area contributed by atoms with E-state index >= 15 is 0 Å². The highest BCUT2D eigenvalue weighted by Gasteiger charge is 2.50. The van der Waals surface area contributed by atoms with Crippen LogP contribution in [-0.4, -0.2) is 24.5 Å². The second-order valence-electron chi connectivity index (χ2n) is 12.8. The molecule has 0 aliphatic carbocycles. The Hall–Kier alpha value is -3.78. The van der Waals surface area contributed by atoms with Crippen molar-refractivity contribution >= 4 is 41.3 Å². The normalized spacial score (nSPS) is 12.3. The molecule has 0 fully saturated rings. The van der Waals surface area contributed by atoms with Crippen molar-refractivity contribution in [1.29, 1.82) is 0 Å². The third-order valence-electron chi connectivity index (χ3n) is 9.12. The van der Waals surface area contributed by atoms with E-state index in [0.717, 1.165) is 15.9 Å². The molecular formula is C41H41IN2OSi. The van der Waals surface area contributed by atoms with Gasteiger partial charge in [-0.25, -0.2) is 4.98 Å². The van der Waals surface area contributed by atoms with Crippen LogP contribution in [0.3, 0.4) is 0 Å². The van der Waals surface area contributed by atoms with Crippen molar-refractivity contribution in [2.24, 2.45) is 0 Å². The number of hydrogen-bond acceptors (Lipinski definition) is 2. The first kappa shape index (κ1) is 32.2. The molecule has 1 heterocycles. The number of halogens is 1. The largest absolute Gasteiger partial charge is 0.407 e. The molecule has 0 unspecified atom stereocenters. The monoisotopic (exact) mass is 732 g/mol. The first-order valence-electron chi connectivity index (χ1n) is 16.0. The first-order valence-corrected chi connectivity index (χ1v) is 18.9. The van der Waals surface area contributed by atoms with Crippen LogP contribution in [0.2, 0.25) is 5.04 Å². The summed E-state index contributed by atoms with van der Waals surface area (Å²) in [7, 11) is -2.70. The zero-order valence-electron chi connectivity index (χ0n) is 27.0. The lowest BCUT2D eigenvalue weighted by Gasteiger charge is -2.43. The second-order valence-corrected chi connectivity index (χ2v) is 18.1. The van der Waals surface area contributed by atoms with Gasteiger partial charge in [0.15, 0.2) is 3.83 Å². The number of hydrogen-bond donors (Lipinski definition) is 0. The fraction of sp³-hybridized carbons (Fsp3) is 0.195. The Morgan fingerprint density at radius 3 is 1.35 bits per heavy atom. The van der Waals surface area contributed by atoms with Crippen molar-refractivity contribution in [2.75, 3.05) is 6.61 Å². The van der Waals surface area contributed by atoms with Gasteiger partial charge in [-0.15, -0.1) is 0 Å². The van der Waals surface area contributed by atoms with Crippen molar-refractivity contribution in [2.45, 2.75) is 44.7 Å². The van der Waals surface area contributed by atoms with E-state index in [1.165, 1.54) is 32.8 Å². The number of imidazole rings is 1. The third-order valence-corrected chi connectivity index (χ3v) is 14.9. The molecule has 0 spiro atoms. The van der Waals surface area contributed by atoms with Gasteiger partial charge in [-0.3, -0.25) is 0 Å². The molecule has 5 aromatic carbocycles. The molecule has 0 aliphatic heterocycles. The molecule has 0 bridgehead atoms. The van der Waals surface area contributed by atoms with E-state index in [2.05, 4.69) is 207 Å². The SMILES string of the molecule is Cc1nc(I)n(C(c2ccccc2)(c2ccccc2)c2ccccc2)c1CCO[Si](c1ccccc1)(c1ccccc1)C(C)(C)C. The number of rotatable bonds is 10. The van der Waals surface area contributed by atoms with Crippen LogP contribution in [0.5, 0.6) is 0 Å². The minimum atomic E-state index is -2.70. The molecule has 6 rings (SSSR count). The first-order chi connectivity index (χ1) is 22.3. The Morgan fingerprint density at radius 2 is 0.978 bits per heavy atom. The molecule has 46 heavy (non-hydrogen) atoms. The molecule has 5 heteroatoms. The van der Waals surface area contributed by atoms with Crippen LogP contribution in [0.4, 0.5) is 0 Å². The van der Waals surface area contributed by atoms with Gasteiger partial charge in [0, 0.05) is 18.7 Å². The molecule has 0 saturated carbocycles. The lowest BCUT2D eigenvalue weighted by Crippen LogP contribution is -2.66. The molecule has 0 N–H and O–H groups in total. The van der Waals surface area contributed by atoms with Gasteiger partial charge < -0.3 is 8.99 Å². The van der Waals surface area contributed by atoms with Gasteiger partial charge in [-0.05, 0) is 61.6 Å². The lowest BCUT2D eigenvalue weighted by atomic mass is 9.76. The van der Waals surface area contributed by atoms with E-state index < -0.39 is 13.9 Å². The number of nitrogens with zero attached hydrogens (tertiary/aromatic N) is 2. The van der Waals surface area contributed by atoms with Gasteiger partial charge in [0.2, 0.25) is 0 Å².